The molecule has 4 rings (SSSR count). The van der Waals surface area contributed by atoms with Gasteiger partial charge in [-0.05, 0) is 55.3 Å². The summed E-state index contributed by atoms with van der Waals surface area (Å²) in [6.45, 7) is 6.65. The van der Waals surface area contributed by atoms with Gasteiger partial charge in [0.05, 0.1) is 6.61 Å². The standard InChI is InChI=1S/C27H28N4O4/c1-3-33-22-10-7-21(8-11-22)9-12-25-29-24(18-28)27(35-25)31-15-13-30(14-16-31)26(32)19-34-23-6-4-5-20(2)17-23/h4-12,17H,3,13-16,19H2,1-2H3/b12-9+. The van der Waals surface area contributed by atoms with Crippen LogP contribution in [0.4, 0.5) is 5.88 Å². The predicted molar refractivity (Wildman–Crippen MR) is 133 cm³/mol. The van der Waals surface area contributed by atoms with Crippen molar-refractivity contribution in [3.8, 4) is 17.6 Å². The lowest BCUT2D eigenvalue weighted by Crippen LogP contribution is -2.50. The molecule has 0 atom stereocenters. The van der Waals surface area contributed by atoms with E-state index in [-0.39, 0.29) is 18.2 Å². The molecular formula is C27H28N4O4. The van der Waals surface area contributed by atoms with E-state index in [1.165, 1.54) is 0 Å². The summed E-state index contributed by atoms with van der Waals surface area (Å²) in [6.07, 6.45) is 3.61. The highest BCUT2D eigenvalue weighted by molar-refractivity contribution is 5.78. The monoisotopic (exact) mass is 472 g/mol. The van der Waals surface area contributed by atoms with E-state index in [2.05, 4.69) is 11.1 Å². The van der Waals surface area contributed by atoms with E-state index >= 15 is 0 Å². The molecule has 1 aliphatic heterocycles. The van der Waals surface area contributed by atoms with Gasteiger partial charge in [-0.3, -0.25) is 4.79 Å². The number of nitriles is 1. The highest BCUT2D eigenvalue weighted by Gasteiger charge is 2.26. The lowest BCUT2D eigenvalue weighted by molar-refractivity contribution is -0.133. The van der Waals surface area contributed by atoms with Gasteiger partial charge in [-0.15, -0.1) is 0 Å². The molecule has 1 aromatic heterocycles. The van der Waals surface area contributed by atoms with Crippen LogP contribution in [0.2, 0.25) is 0 Å². The largest absolute Gasteiger partial charge is 0.494 e. The number of rotatable bonds is 8. The summed E-state index contributed by atoms with van der Waals surface area (Å²) in [5.74, 6) is 2.22. The van der Waals surface area contributed by atoms with E-state index in [0.717, 1.165) is 16.9 Å². The Morgan fingerprint density at radius 1 is 1.09 bits per heavy atom. The van der Waals surface area contributed by atoms with Crippen LogP contribution in [-0.4, -0.2) is 55.2 Å². The molecule has 0 saturated carbocycles. The van der Waals surface area contributed by atoms with Crippen LogP contribution in [0, 0.1) is 18.3 Å². The summed E-state index contributed by atoms with van der Waals surface area (Å²) in [7, 11) is 0. The van der Waals surface area contributed by atoms with Gasteiger partial charge in [0.25, 0.3) is 5.91 Å². The molecule has 180 valence electrons. The molecule has 1 fully saturated rings. The van der Waals surface area contributed by atoms with Crippen LogP contribution in [0.25, 0.3) is 12.2 Å². The Bertz CT molecular complexity index is 1220. The summed E-state index contributed by atoms with van der Waals surface area (Å²) in [4.78, 5) is 20.6. The molecule has 0 N–H and O–H groups in total. The highest BCUT2D eigenvalue weighted by Crippen LogP contribution is 2.24. The molecule has 8 heteroatoms. The van der Waals surface area contributed by atoms with Gasteiger partial charge >= 0.3 is 0 Å². The second kappa shape index (κ2) is 11.3. The lowest BCUT2D eigenvalue weighted by Gasteiger charge is -2.34. The van der Waals surface area contributed by atoms with Gasteiger partial charge in [-0.2, -0.15) is 10.2 Å². The van der Waals surface area contributed by atoms with Crippen LogP contribution in [0.15, 0.2) is 52.9 Å². The quantitative estimate of drug-likeness (QED) is 0.486. The number of benzene rings is 2. The van der Waals surface area contributed by atoms with Crippen molar-refractivity contribution in [3.05, 3.63) is 71.2 Å². The van der Waals surface area contributed by atoms with E-state index in [0.29, 0.717) is 50.3 Å². The molecule has 1 aliphatic rings. The van der Waals surface area contributed by atoms with Gasteiger partial charge in [0.15, 0.2) is 6.61 Å². The Labute approximate surface area is 205 Å². The molecule has 2 heterocycles. The Morgan fingerprint density at radius 3 is 2.54 bits per heavy atom. The smallest absolute Gasteiger partial charge is 0.260 e. The number of oxazole rings is 1. The maximum absolute atomic E-state index is 12.6. The van der Waals surface area contributed by atoms with E-state index < -0.39 is 0 Å². The number of hydrogen-bond donors (Lipinski definition) is 0. The predicted octanol–water partition coefficient (Wildman–Crippen LogP) is 4.15. The lowest BCUT2D eigenvalue weighted by atomic mass is 10.2. The van der Waals surface area contributed by atoms with Gasteiger partial charge in [0.1, 0.15) is 17.6 Å². The first kappa shape index (κ1) is 23.9. The Hall–Kier alpha value is -4.25. The van der Waals surface area contributed by atoms with Crippen molar-refractivity contribution in [1.82, 2.24) is 9.88 Å². The number of aryl methyl sites for hydroxylation is 1. The SMILES string of the molecule is CCOc1ccc(/C=C/c2nc(C#N)c(N3CCN(C(=O)COc4cccc(C)c4)CC3)o2)cc1. The number of piperazine rings is 1. The minimum absolute atomic E-state index is 0.00427. The normalized spacial score (nSPS) is 13.6. The van der Waals surface area contributed by atoms with Gasteiger partial charge < -0.3 is 23.7 Å². The molecule has 2 aromatic carbocycles. The molecular weight excluding hydrogens is 444 g/mol. The molecule has 0 spiro atoms. The molecule has 1 saturated heterocycles. The Morgan fingerprint density at radius 2 is 1.86 bits per heavy atom. The summed E-state index contributed by atoms with van der Waals surface area (Å²) in [5.41, 5.74) is 2.28. The van der Waals surface area contributed by atoms with E-state index in [1.54, 1.807) is 11.0 Å². The van der Waals surface area contributed by atoms with E-state index in [1.807, 2.05) is 73.4 Å². The van der Waals surface area contributed by atoms with Gasteiger partial charge in [-0.25, -0.2) is 0 Å². The minimum Gasteiger partial charge on any atom is -0.494 e. The van der Waals surface area contributed by atoms with Crippen molar-refractivity contribution in [2.45, 2.75) is 13.8 Å². The fraction of sp³-hybridized carbons (Fsp3) is 0.296. The average Bonchev–Trinajstić information content (AvgIpc) is 3.30. The van der Waals surface area contributed by atoms with Crippen LogP contribution >= 0.6 is 0 Å². The number of aromatic nitrogens is 1. The summed E-state index contributed by atoms with van der Waals surface area (Å²) < 4.78 is 17.0. The Balaban J connectivity index is 1.33. The van der Waals surface area contributed by atoms with Crippen molar-refractivity contribution in [3.63, 3.8) is 0 Å². The second-order valence-electron chi connectivity index (χ2n) is 8.13. The van der Waals surface area contributed by atoms with Crippen molar-refractivity contribution >= 4 is 23.9 Å². The third kappa shape index (κ3) is 6.21. The molecule has 35 heavy (non-hydrogen) atoms. The zero-order valence-corrected chi connectivity index (χ0v) is 19.9. The molecule has 8 nitrogen and oxygen atoms in total. The van der Waals surface area contributed by atoms with Crippen molar-refractivity contribution in [1.29, 1.82) is 5.26 Å². The zero-order chi connectivity index (χ0) is 24.6. The first-order valence-corrected chi connectivity index (χ1v) is 11.6. The number of amides is 1. The van der Waals surface area contributed by atoms with Crippen LogP contribution < -0.4 is 14.4 Å². The van der Waals surface area contributed by atoms with Crippen LogP contribution in [0.1, 0.15) is 29.6 Å². The summed E-state index contributed by atoms with van der Waals surface area (Å²) in [5, 5.41) is 9.55. The molecule has 0 aliphatic carbocycles. The Kier molecular flexibility index (Phi) is 7.68. The fourth-order valence-corrected chi connectivity index (χ4v) is 3.80. The van der Waals surface area contributed by atoms with Crippen LogP contribution in [0.3, 0.4) is 0 Å². The minimum atomic E-state index is -0.0665. The van der Waals surface area contributed by atoms with Crippen molar-refractivity contribution < 1.29 is 18.7 Å². The van der Waals surface area contributed by atoms with Crippen molar-refractivity contribution in [2.24, 2.45) is 0 Å². The number of ether oxygens (including phenoxy) is 2. The van der Waals surface area contributed by atoms with Gasteiger partial charge in [0, 0.05) is 32.3 Å². The van der Waals surface area contributed by atoms with Crippen molar-refractivity contribution in [2.75, 3.05) is 44.3 Å². The number of nitrogens with zero attached hydrogens (tertiary/aromatic N) is 4. The van der Waals surface area contributed by atoms with Gasteiger partial charge in [0.2, 0.25) is 17.5 Å². The number of anilines is 1. The first-order chi connectivity index (χ1) is 17.1. The summed E-state index contributed by atoms with van der Waals surface area (Å²) >= 11 is 0. The summed E-state index contributed by atoms with van der Waals surface area (Å²) in [6, 6.07) is 17.4. The fourth-order valence-electron chi connectivity index (χ4n) is 3.80. The zero-order valence-electron chi connectivity index (χ0n) is 19.9. The average molecular weight is 473 g/mol. The number of hydrogen-bond acceptors (Lipinski definition) is 7. The van der Waals surface area contributed by atoms with E-state index in [9.17, 15) is 10.1 Å². The third-order valence-corrected chi connectivity index (χ3v) is 5.61. The second-order valence-corrected chi connectivity index (χ2v) is 8.13. The van der Waals surface area contributed by atoms with Gasteiger partial charge in [-0.1, -0.05) is 24.3 Å². The third-order valence-electron chi connectivity index (χ3n) is 5.61. The molecule has 1 amide bonds. The maximum atomic E-state index is 12.6. The topological polar surface area (TPSA) is 91.8 Å². The van der Waals surface area contributed by atoms with E-state index in [4.69, 9.17) is 13.9 Å². The molecule has 0 bridgehead atoms. The number of carbonyl (C=O) groups excluding carboxylic acids is 1. The molecule has 0 radical (unpaired) electrons. The number of carbonyl (C=O) groups is 1. The maximum Gasteiger partial charge on any atom is 0.260 e. The first-order valence-electron chi connectivity index (χ1n) is 11.6. The molecule has 3 aromatic rings. The molecule has 0 unspecified atom stereocenters. The van der Waals surface area contributed by atoms with Crippen LogP contribution in [0.5, 0.6) is 11.5 Å². The van der Waals surface area contributed by atoms with Crippen LogP contribution in [-0.2, 0) is 4.79 Å². The highest BCUT2D eigenvalue weighted by atomic mass is 16.5.